The van der Waals surface area contributed by atoms with E-state index in [2.05, 4.69) is 19.2 Å². The number of carbonyl (C=O) groups excluding carboxylic acids is 1. The molecule has 0 bridgehead atoms. The summed E-state index contributed by atoms with van der Waals surface area (Å²) in [5, 5.41) is 12.8. The summed E-state index contributed by atoms with van der Waals surface area (Å²) in [6.07, 6.45) is 3.13. The second kappa shape index (κ2) is 5.51. The molecule has 1 saturated carbocycles. The SMILES string of the molecule is CC1CCC(NC(=O)c2cccc(N)c2O)CC1C. The summed E-state index contributed by atoms with van der Waals surface area (Å²) in [7, 11) is 0. The van der Waals surface area contributed by atoms with Crippen LogP contribution in [0.5, 0.6) is 5.75 Å². The van der Waals surface area contributed by atoms with Crippen molar-refractivity contribution in [2.45, 2.75) is 39.2 Å². The fourth-order valence-electron chi connectivity index (χ4n) is 2.69. The lowest BCUT2D eigenvalue weighted by atomic mass is 9.79. The number of nitrogens with two attached hydrogens (primary N) is 1. The molecule has 19 heavy (non-hydrogen) atoms. The van der Waals surface area contributed by atoms with Gasteiger partial charge in [0.05, 0.1) is 11.3 Å². The van der Waals surface area contributed by atoms with Gasteiger partial charge in [0, 0.05) is 6.04 Å². The minimum absolute atomic E-state index is 0.128. The zero-order valence-electron chi connectivity index (χ0n) is 11.5. The van der Waals surface area contributed by atoms with Gasteiger partial charge in [-0.2, -0.15) is 0 Å². The largest absolute Gasteiger partial charge is 0.505 e. The molecule has 4 heteroatoms. The zero-order valence-corrected chi connectivity index (χ0v) is 11.5. The Morgan fingerprint density at radius 1 is 1.32 bits per heavy atom. The lowest BCUT2D eigenvalue weighted by molar-refractivity contribution is 0.0908. The summed E-state index contributed by atoms with van der Waals surface area (Å²) in [6.45, 7) is 4.48. The second-order valence-corrected chi connectivity index (χ2v) is 5.68. The van der Waals surface area contributed by atoms with Crippen LogP contribution in [0.1, 0.15) is 43.5 Å². The topological polar surface area (TPSA) is 75.4 Å². The number of nitrogen functional groups attached to an aromatic ring is 1. The number of hydrogen-bond acceptors (Lipinski definition) is 3. The molecule has 4 nitrogen and oxygen atoms in total. The number of aromatic hydroxyl groups is 1. The van der Waals surface area contributed by atoms with Gasteiger partial charge in [0.15, 0.2) is 5.75 Å². The third-order valence-corrected chi connectivity index (χ3v) is 4.25. The van der Waals surface area contributed by atoms with Crippen LogP contribution >= 0.6 is 0 Å². The molecule has 0 aliphatic heterocycles. The lowest BCUT2D eigenvalue weighted by Gasteiger charge is -2.32. The smallest absolute Gasteiger partial charge is 0.255 e. The van der Waals surface area contributed by atoms with E-state index in [1.807, 2.05) is 0 Å². The summed E-state index contributed by atoms with van der Waals surface area (Å²) >= 11 is 0. The fraction of sp³-hybridized carbons (Fsp3) is 0.533. The van der Waals surface area contributed by atoms with Crippen LogP contribution in [0.2, 0.25) is 0 Å². The van der Waals surface area contributed by atoms with Crippen molar-refractivity contribution >= 4 is 11.6 Å². The summed E-state index contributed by atoms with van der Waals surface area (Å²) < 4.78 is 0. The van der Waals surface area contributed by atoms with Crippen molar-refractivity contribution < 1.29 is 9.90 Å². The van der Waals surface area contributed by atoms with Crippen molar-refractivity contribution in [3.63, 3.8) is 0 Å². The first-order chi connectivity index (χ1) is 8.99. The molecule has 0 radical (unpaired) electrons. The maximum Gasteiger partial charge on any atom is 0.255 e. The Morgan fingerprint density at radius 2 is 2.05 bits per heavy atom. The van der Waals surface area contributed by atoms with Crippen LogP contribution in [0.15, 0.2) is 18.2 Å². The Labute approximate surface area is 114 Å². The summed E-state index contributed by atoms with van der Waals surface area (Å²) in [5.74, 6) is 0.969. The molecule has 1 aliphatic carbocycles. The highest BCUT2D eigenvalue weighted by atomic mass is 16.3. The van der Waals surface area contributed by atoms with Gasteiger partial charge in [-0.1, -0.05) is 19.9 Å². The van der Waals surface area contributed by atoms with Gasteiger partial charge in [0.1, 0.15) is 0 Å². The molecule has 0 saturated heterocycles. The van der Waals surface area contributed by atoms with Crippen molar-refractivity contribution in [2.24, 2.45) is 11.8 Å². The molecule has 1 aliphatic rings. The van der Waals surface area contributed by atoms with Crippen LogP contribution in [0.4, 0.5) is 5.69 Å². The van der Waals surface area contributed by atoms with Crippen molar-refractivity contribution in [3.8, 4) is 5.75 Å². The van der Waals surface area contributed by atoms with E-state index in [0.29, 0.717) is 11.8 Å². The van der Waals surface area contributed by atoms with E-state index in [1.54, 1.807) is 18.2 Å². The van der Waals surface area contributed by atoms with Crippen LogP contribution in [0, 0.1) is 11.8 Å². The summed E-state index contributed by atoms with van der Waals surface area (Å²) in [6, 6.07) is 5.04. The zero-order chi connectivity index (χ0) is 14.0. The molecule has 0 spiro atoms. The molecular formula is C15H22N2O2. The van der Waals surface area contributed by atoms with E-state index in [0.717, 1.165) is 19.3 Å². The minimum Gasteiger partial charge on any atom is -0.505 e. The Balaban J connectivity index is 2.03. The number of anilines is 1. The number of hydrogen-bond donors (Lipinski definition) is 3. The van der Waals surface area contributed by atoms with Gasteiger partial charge in [0.25, 0.3) is 5.91 Å². The standard InChI is InChI=1S/C15H22N2O2/c1-9-6-7-11(8-10(9)2)17-15(19)12-4-3-5-13(16)14(12)18/h3-5,9-11,18H,6-8,16H2,1-2H3,(H,17,19). The van der Waals surface area contributed by atoms with Crippen LogP contribution < -0.4 is 11.1 Å². The van der Waals surface area contributed by atoms with Gasteiger partial charge in [-0.15, -0.1) is 0 Å². The highest BCUT2D eigenvalue weighted by molar-refractivity contribution is 5.98. The van der Waals surface area contributed by atoms with Gasteiger partial charge >= 0.3 is 0 Å². The number of phenols is 1. The van der Waals surface area contributed by atoms with E-state index in [4.69, 9.17) is 5.73 Å². The van der Waals surface area contributed by atoms with Crippen LogP contribution in [0.3, 0.4) is 0 Å². The second-order valence-electron chi connectivity index (χ2n) is 5.68. The fourth-order valence-corrected chi connectivity index (χ4v) is 2.69. The highest BCUT2D eigenvalue weighted by Gasteiger charge is 2.26. The molecule has 0 heterocycles. The monoisotopic (exact) mass is 262 g/mol. The van der Waals surface area contributed by atoms with Crippen LogP contribution in [-0.2, 0) is 0 Å². The van der Waals surface area contributed by atoms with E-state index in [-0.39, 0.29) is 28.9 Å². The number of phenolic OH excluding ortho intramolecular Hbond substituents is 1. The number of carbonyl (C=O) groups is 1. The first-order valence-electron chi connectivity index (χ1n) is 6.87. The first-order valence-corrected chi connectivity index (χ1v) is 6.87. The lowest BCUT2D eigenvalue weighted by Crippen LogP contribution is -2.39. The Hall–Kier alpha value is -1.71. The molecule has 4 N–H and O–H groups in total. The van der Waals surface area contributed by atoms with Gasteiger partial charge in [-0.25, -0.2) is 0 Å². The van der Waals surface area contributed by atoms with Gasteiger partial charge < -0.3 is 16.2 Å². The molecule has 1 amide bonds. The quantitative estimate of drug-likeness (QED) is 0.566. The van der Waals surface area contributed by atoms with Gasteiger partial charge in [0.2, 0.25) is 0 Å². The minimum atomic E-state index is -0.239. The molecule has 2 rings (SSSR count). The summed E-state index contributed by atoms with van der Waals surface area (Å²) in [5.41, 5.74) is 6.09. The normalized spacial score (nSPS) is 26.9. The van der Waals surface area contributed by atoms with E-state index in [1.165, 1.54) is 0 Å². The predicted octanol–water partition coefficient (Wildman–Crippen LogP) is 2.53. The predicted molar refractivity (Wildman–Crippen MR) is 76.0 cm³/mol. The number of para-hydroxylation sites is 1. The average molecular weight is 262 g/mol. The average Bonchev–Trinajstić information content (AvgIpc) is 2.37. The molecule has 1 fully saturated rings. The number of nitrogens with one attached hydrogen (secondary N) is 1. The van der Waals surface area contributed by atoms with Crippen molar-refractivity contribution in [1.29, 1.82) is 0 Å². The summed E-state index contributed by atoms with van der Waals surface area (Å²) in [4.78, 5) is 12.1. The number of rotatable bonds is 2. The molecular weight excluding hydrogens is 240 g/mol. The first kappa shape index (κ1) is 13.7. The highest BCUT2D eigenvalue weighted by Crippen LogP contribution is 2.30. The van der Waals surface area contributed by atoms with Crippen molar-refractivity contribution in [2.75, 3.05) is 5.73 Å². The molecule has 3 unspecified atom stereocenters. The van der Waals surface area contributed by atoms with Crippen LogP contribution in [-0.4, -0.2) is 17.1 Å². The van der Waals surface area contributed by atoms with Gasteiger partial charge in [-0.05, 0) is 43.2 Å². The molecule has 3 atom stereocenters. The Morgan fingerprint density at radius 3 is 2.74 bits per heavy atom. The van der Waals surface area contributed by atoms with Crippen LogP contribution in [0.25, 0.3) is 0 Å². The van der Waals surface area contributed by atoms with E-state index < -0.39 is 0 Å². The third kappa shape index (κ3) is 3.00. The number of benzene rings is 1. The third-order valence-electron chi connectivity index (χ3n) is 4.25. The van der Waals surface area contributed by atoms with Crippen molar-refractivity contribution in [1.82, 2.24) is 5.32 Å². The Bertz CT molecular complexity index is 473. The van der Waals surface area contributed by atoms with Gasteiger partial charge in [-0.3, -0.25) is 4.79 Å². The van der Waals surface area contributed by atoms with E-state index in [9.17, 15) is 9.90 Å². The molecule has 1 aromatic rings. The maximum absolute atomic E-state index is 12.1. The van der Waals surface area contributed by atoms with E-state index >= 15 is 0 Å². The number of amides is 1. The Kier molecular flexibility index (Phi) is 3.98. The van der Waals surface area contributed by atoms with Crippen molar-refractivity contribution in [3.05, 3.63) is 23.8 Å². The molecule has 104 valence electrons. The maximum atomic E-state index is 12.1. The molecule has 1 aromatic carbocycles. The molecule has 0 aromatic heterocycles.